The zero-order valence-electron chi connectivity index (χ0n) is 13.8. The molecule has 0 aromatic heterocycles. The SMILES string of the molecule is CN(C)C(=O)c1cc(OCCO)ccc1Sc1ccccc1[N+](=O)[O-]. The quantitative estimate of drug-likeness (QED) is 0.601. The lowest BCUT2D eigenvalue weighted by atomic mass is 10.2. The van der Waals surface area contributed by atoms with Crippen LogP contribution >= 0.6 is 11.8 Å². The molecule has 2 rings (SSSR count). The van der Waals surface area contributed by atoms with E-state index in [1.807, 2.05) is 0 Å². The third kappa shape index (κ3) is 4.71. The topological polar surface area (TPSA) is 92.9 Å². The van der Waals surface area contributed by atoms with Crippen LogP contribution < -0.4 is 4.74 Å². The van der Waals surface area contributed by atoms with Gasteiger partial charge >= 0.3 is 0 Å². The number of carbonyl (C=O) groups excluding carboxylic acids is 1. The molecule has 132 valence electrons. The number of aliphatic hydroxyl groups excluding tert-OH is 1. The average molecular weight is 362 g/mol. The summed E-state index contributed by atoms with van der Waals surface area (Å²) in [4.78, 5) is 25.7. The molecule has 7 nitrogen and oxygen atoms in total. The largest absolute Gasteiger partial charge is 0.491 e. The number of amides is 1. The Morgan fingerprint density at radius 3 is 2.60 bits per heavy atom. The number of nitro benzene ring substituents is 1. The van der Waals surface area contributed by atoms with Gasteiger partial charge in [-0.3, -0.25) is 14.9 Å². The summed E-state index contributed by atoms with van der Waals surface area (Å²) in [7, 11) is 3.26. The maximum Gasteiger partial charge on any atom is 0.283 e. The fourth-order valence-corrected chi connectivity index (χ4v) is 3.10. The van der Waals surface area contributed by atoms with E-state index in [-0.39, 0.29) is 24.8 Å². The van der Waals surface area contributed by atoms with Gasteiger partial charge in [-0.15, -0.1) is 0 Å². The van der Waals surface area contributed by atoms with E-state index in [2.05, 4.69) is 0 Å². The minimum Gasteiger partial charge on any atom is -0.491 e. The molecule has 0 heterocycles. The van der Waals surface area contributed by atoms with Gasteiger partial charge in [-0.2, -0.15) is 0 Å². The third-order valence-corrected chi connectivity index (χ3v) is 4.37. The average Bonchev–Trinajstić information content (AvgIpc) is 2.60. The Morgan fingerprint density at radius 2 is 1.96 bits per heavy atom. The van der Waals surface area contributed by atoms with Gasteiger partial charge in [0.1, 0.15) is 12.4 Å². The fraction of sp³-hybridized carbons (Fsp3) is 0.235. The predicted octanol–water partition coefficient (Wildman–Crippen LogP) is 2.82. The molecule has 2 aromatic rings. The van der Waals surface area contributed by atoms with Crippen LogP contribution in [0, 0.1) is 10.1 Å². The molecule has 8 heteroatoms. The molecule has 0 bridgehead atoms. The zero-order chi connectivity index (χ0) is 18.4. The molecule has 1 N–H and O–H groups in total. The second-order valence-electron chi connectivity index (χ2n) is 5.26. The lowest BCUT2D eigenvalue weighted by Gasteiger charge is -2.15. The summed E-state index contributed by atoms with van der Waals surface area (Å²) in [6.45, 7) is -0.0179. The highest BCUT2D eigenvalue weighted by Gasteiger charge is 2.19. The summed E-state index contributed by atoms with van der Waals surface area (Å²) in [6.07, 6.45) is 0. The van der Waals surface area contributed by atoms with Crippen molar-refractivity contribution in [3.8, 4) is 5.75 Å². The standard InChI is InChI=1S/C17H18N2O5S/c1-18(2)17(21)13-11-12(24-10-9-20)7-8-15(13)25-16-6-4-3-5-14(16)19(22)23/h3-8,11,20H,9-10H2,1-2H3. The van der Waals surface area contributed by atoms with E-state index >= 15 is 0 Å². The van der Waals surface area contributed by atoms with Gasteiger partial charge in [-0.05, 0) is 24.3 Å². The predicted molar refractivity (Wildman–Crippen MR) is 94.3 cm³/mol. The fourth-order valence-electron chi connectivity index (χ4n) is 2.07. The molecule has 0 unspecified atom stereocenters. The number of benzene rings is 2. The number of ether oxygens (including phenoxy) is 1. The number of para-hydroxylation sites is 1. The van der Waals surface area contributed by atoms with Crippen LogP contribution in [0.3, 0.4) is 0 Å². The van der Waals surface area contributed by atoms with Gasteiger partial charge in [-0.25, -0.2) is 0 Å². The Kier molecular flexibility index (Phi) is 6.37. The molecule has 0 aliphatic heterocycles. The highest BCUT2D eigenvalue weighted by atomic mass is 32.2. The molecule has 0 saturated heterocycles. The Morgan fingerprint density at radius 1 is 1.24 bits per heavy atom. The van der Waals surface area contributed by atoms with Gasteiger partial charge in [0.15, 0.2) is 0 Å². The van der Waals surface area contributed by atoms with Crippen molar-refractivity contribution < 1.29 is 19.6 Å². The van der Waals surface area contributed by atoms with E-state index in [4.69, 9.17) is 9.84 Å². The van der Waals surface area contributed by atoms with Crippen molar-refractivity contribution in [2.75, 3.05) is 27.3 Å². The van der Waals surface area contributed by atoms with Crippen molar-refractivity contribution in [2.24, 2.45) is 0 Å². The summed E-state index contributed by atoms with van der Waals surface area (Å²) in [5, 5.41) is 20.0. The van der Waals surface area contributed by atoms with Gasteiger partial charge < -0.3 is 14.7 Å². The summed E-state index contributed by atoms with van der Waals surface area (Å²) in [5.74, 6) is 0.210. The molecule has 0 spiro atoms. The molecule has 2 aromatic carbocycles. The zero-order valence-corrected chi connectivity index (χ0v) is 14.7. The molecule has 0 saturated carbocycles. The van der Waals surface area contributed by atoms with Crippen LogP contribution in [0.1, 0.15) is 10.4 Å². The molecule has 0 fully saturated rings. The number of hydrogen-bond donors (Lipinski definition) is 1. The molecule has 0 atom stereocenters. The van der Waals surface area contributed by atoms with E-state index in [0.717, 1.165) is 11.8 Å². The van der Waals surface area contributed by atoms with E-state index in [1.165, 1.54) is 11.0 Å². The number of carbonyl (C=O) groups is 1. The number of aliphatic hydroxyl groups is 1. The maximum atomic E-state index is 12.5. The van der Waals surface area contributed by atoms with Gasteiger partial charge in [-0.1, -0.05) is 23.9 Å². The van der Waals surface area contributed by atoms with Crippen molar-refractivity contribution in [1.82, 2.24) is 4.90 Å². The van der Waals surface area contributed by atoms with Crippen molar-refractivity contribution in [3.63, 3.8) is 0 Å². The van der Waals surface area contributed by atoms with Gasteiger partial charge in [0.05, 0.1) is 22.0 Å². The smallest absolute Gasteiger partial charge is 0.283 e. The van der Waals surface area contributed by atoms with Crippen molar-refractivity contribution >= 4 is 23.4 Å². The monoisotopic (exact) mass is 362 g/mol. The second kappa shape index (κ2) is 8.50. The number of rotatable bonds is 7. The van der Waals surface area contributed by atoms with Crippen LogP contribution in [0.4, 0.5) is 5.69 Å². The maximum absolute atomic E-state index is 12.5. The molecule has 0 aliphatic carbocycles. The summed E-state index contributed by atoms with van der Waals surface area (Å²) >= 11 is 1.15. The third-order valence-electron chi connectivity index (χ3n) is 3.23. The van der Waals surface area contributed by atoms with Crippen molar-refractivity contribution in [1.29, 1.82) is 0 Å². The van der Waals surface area contributed by atoms with Gasteiger partial charge in [0.25, 0.3) is 11.6 Å². The first-order valence-corrected chi connectivity index (χ1v) is 8.26. The van der Waals surface area contributed by atoms with Crippen LogP contribution in [0.25, 0.3) is 0 Å². The molecular formula is C17H18N2O5S. The number of nitro groups is 1. The molecule has 1 amide bonds. The lowest BCUT2D eigenvalue weighted by molar-refractivity contribution is -0.387. The summed E-state index contributed by atoms with van der Waals surface area (Å²) in [5.41, 5.74) is 0.361. The van der Waals surface area contributed by atoms with E-state index < -0.39 is 4.92 Å². The van der Waals surface area contributed by atoms with Crippen LogP contribution in [0.15, 0.2) is 52.3 Å². The normalized spacial score (nSPS) is 10.4. The first-order chi connectivity index (χ1) is 11.9. The lowest BCUT2D eigenvalue weighted by Crippen LogP contribution is -2.22. The molecule has 0 radical (unpaired) electrons. The Bertz CT molecular complexity index is 779. The highest BCUT2D eigenvalue weighted by Crippen LogP contribution is 2.37. The van der Waals surface area contributed by atoms with Crippen LogP contribution in [-0.4, -0.2) is 48.1 Å². The Labute approximate surface area is 149 Å². The van der Waals surface area contributed by atoms with Crippen LogP contribution in [0.2, 0.25) is 0 Å². The first kappa shape index (κ1) is 18.8. The summed E-state index contributed by atoms with van der Waals surface area (Å²) in [6, 6.07) is 11.3. The Balaban J connectivity index is 2.43. The highest BCUT2D eigenvalue weighted by molar-refractivity contribution is 7.99. The van der Waals surface area contributed by atoms with E-state index in [1.54, 1.807) is 50.5 Å². The molecule has 25 heavy (non-hydrogen) atoms. The van der Waals surface area contributed by atoms with E-state index in [9.17, 15) is 14.9 Å². The van der Waals surface area contributed by atoms with Crippen molar-refractivity contribution in [2.45, 2.75) is 9.79 Å². The number of hydrogen-bond acceptors (Lipinski definition) is 6. The van der Waals surface area contributed by atoms with Crippen molar-refractivity contribution in [3.05, 3.63) is 58.1 Å². The van der Waals surface area contributed by atoms with Crippen LogP contribution in [-0.2, 0) is 0 Å². The van der Waals surface area contributed by atoms with Crippen LogP contribution in [0.5, 0.6) is 5.75 Å². The first-order valence-electron chi connectivity index (χ1n) is 7.44. The number of nitrogens with zero attached hydrogens (tertiary/aromatic N) is 2. The molecular weight excluding hydrogens is 344 g/mol. The minimum absolute atomic E-state index is 0.0173. The van der Waals surface area contributed by atoms with Gasteiger partial charge in [0.2, 0.25) is 0 Å². The van der Waals surface area contributed by atoms with E-state index in [0.29, 0.717) is 21.1 Å². The summed E-state index contributed by atoms with van der Waals surface area (Å²) < 4.78 is 5.35. The second-order valence-corrected chi connectivity index (χ2v) is 6.34. The van der Waals surface area contributed by atoms with Gasteiger partial charge in [0, 0.05) is 25.1 Å². The minimum atomic E-state index is -0.450. The Hall–Kier alpha value is -2.58. The molecule has 0 aliphatic rings.